The van der Waals surface area contributed by atoms with Crippen LogP contribution in [0.5, 0.6) is 0 Å². The lowest BCUT2D eigenvalue weighted by molar-refractivity contribution is 0.295. The summed E-state index contributed by atoms with van der Waals surface area (Å²) in [4.78, 5) is 0. The van der Waals surface area contributed by atoms with Crippen molar-refractivity contribution in [2.24, 2.45) is 16.9 Å². The third-order valence-electron chi connectivity index (χ3n) is 2.12. The van der Waals surface area contributed by atoms with E-state index >= 15 is 0 Å². The Bertz CT molecular complexity index is 79.6. The van der Waals surface area contributed by atoms with Gasteiger partial charge in [0.2, 0.25) is 0 Å². The molecule has 0 rings (SSSR count). The minimum absolute atomic E-state index is 0.443. The third-order valence-corrected chi connectivity index (χ3v) is 2.12. The topological polar surface area (TPSA) is 52.0 Å². The smallest absolute Gasteiger partial charge is 0.00771 e. The summed E-state index contributed by atoms with van der Waals surface area (Å²) in [5, 5.41) is 0. The maximum Gasteiger partial charge on any atom is -0.00771 e. The Morgan fingerprint density at radius 3 is 1.55 bits per heavy atom. The van der Waals surface area contributed by atoms with Crippen molar-refractivity contribution in [1.82, 2.24) is 0 Å². The molecule has 0 saturated heterocycles. The fourth-order valence-corrected chi connectivity index (χ4v) is 1.29. The molecule has 0 aromatic carbocycles. The molecule has 68 valence electrons. The maximum atomic E-state index is 5.44. The zero-order chi connectivity index (χ0) is 8.74. The van der Waals surface area contributed by atoms with Crippen LogP contribution in [0.4, 0.5) is 0 Å². The van der Waals surface area contributed by atoms with Crippen LogP contribution < -0.4 is 11.5 Å². The van der Waals surface area contributed by atoms with Gasteiger partial charge in [0.25, 0.3) is 0 Å². The molecule has 0 spiro atoms. The Morgan fingerprint density at radius 1 is 0.909 bits per heavy atom. The van der Waals surface area contributed by atoms with Crippen molar-refractivity contribution in [3.8, 4) is 0 Å². The van der Waals surface area contributed by atoms with Crippen LogP contribution in [0, 0.1) is 5.41 Å². The lowest BCUT2D eigenvalue weighted by atomic mass is 9.83. The van der Waals surface area contributed by atoms with Crippen LogP contribution in [0.15, 0.2) is 0 Å². The van der Waals surface area contributed by atoms with Crippen LogP contribution in [-0.2, 0) is 0 Å². The first-order valence-electron chi connectivity index (χ1n) is 4.52. The standard InChI is InChI=1S/C9H22N2/c1-9(2,5-3-7-10)6-4-8-11/h3-8,10-11H2,1-2H3. The van der Waals surface area contributed by atoms with Crippen LogP contribution in [0.1, 0.15) is 39.5 Å². The average molecular weight is 158 g/mol. The molecule has 0 aromatic rings. The van der Waals surface area contributed by atoms with Gasteiger partial charge in [0.05, 0.1) is 0 Å². The molecule has 0 heterocycles. The molecule has 0 aromatic heterocycles. The normalized spacial score (nSPS) is 12.0. The van der Waals surface area contributed by atoms with Crippen LogP contribution in [0.25, 0.3) is 0 Å². The summed E-state index contributed by atoms with van der Waals surface area (Å²) in [6.07, 6.45) is 4.72. The van der Waals surface area contributed by atoms with E-state index in [-0.39, 0.29) is 0 Å². The maximum absolute atomic E-state index is 5.44. The lowest BCUT2D eigenvalue weighted by Crippen LogP contribution is -2.15. The van der Waals surface area contributed by atoms with Crippen LogP contribution in [0.3, 0.4) is 0 Å². The molecule has 0 saturated carbocycles. The minimum atomic E-state index is 0.443. The molecule has 0 bridgehead atoms. The largest absolute Gasteiger partial charge is 0.330 e. The molecule has 2 heteroatoms. The SMILES string of the molecule is CC(C)(CCCN)CCCN. The van der Waals surface area contributed by atoms with Gasteiger partial charge in [-0.25, -0.2) is 0 Å². The molecule has 2 nitrogen and oxygen atoms in total. The van der Waals surface area contributed by atoms with Crippen molar-refractivity contribution in [2.45, 2.75) is 39.5 Å². The van der Waals surface area contributed by atoms with Crippen molar-refractivity contribution in [3.05, 3.63) is 0 Å². The first-order chi connectivity index (χ1) is 5.12. The van der Waals surface area contributed by atoms with Gasteiger partial charge in [0.1, 0.15) is 0 Å². The van der Waals surface area contributed by atoms with Crippen molar-refractivity contribution in [2.75, 3.05) is 13.1 Å². The fourth-order valence-electron chi connectivity index (χ4n) is 1.29. The van der Waals surface area contributed by atoms with E-state index < -0.39 is 0 Å². The second-order valence-electron chi connectivity index (χ2n) is 3.95. The van der Waals surface area contributed by atoms with Gasteiger partial charge in [-0.15, -0.1) is 0 Å². The fraction of sp³-hybridized carbons (Fsp3) is 1.00. The monoisotopic (exact) mass is 158 g/mol. The van der Waals surface area contributed by atoms with Gasteiger partial charge >= 0.3 is 0 Å². The molecule has 0 unspecified atom stereocenters. The summed E-state index contributed by atoms with van der Waals surface area (Å²) in [5.74, 6) is 0. The number of rotatable bonds is 6. The molecule has 0 aliphatic rings. The molecule has 0 aliphatic carbocycles. The summed E-state index contributed by atoms with van der Waals surface area (Å²) < 4.78 is 0. The first kappa shape index (κ1) is 10.9. The molecule has 0 radical (unpaired) electrons. The van der Waals surface area contributed by atoms with Crippen LogP contribution in [-0.4, -0.2) is 13.1 Å². The Kier molecular flexibility index (Phi) is 5.51. The van der Waals surface area contributed by atoms with Gasteiger partial charge in [-0.05, 0) is 44.2 Å². The zero-order valence-electron chi connectivity index (χ0n) is 7.90. The quantitative estimate of drug-likeness (QED) is 0.615. The molecule has 11 heavy (non-hydrogen) atoms. The summed E-state index contributed by atoms with van der Waals surface area (Å²) >= 11 is 0. The number of hydrogen-bond acceptors (Lipinski definition) is 2. The van der Waals surface area contributed by atoms with Gasteiger partial charge in [-0.2, -0.15) is 0 Å². The zero-order valence-corrected chi connectivity index (χ0v) is 7.90. The Morgan fingerprint density at radius 2 is 1.27 bits per heavy atom. The summed E-state index contributed by atoms with van der Waals surface area (Å²) in [5.41, 5.74) is 11.3. The highest BCUT2D eigenvalue weighted by molar-refractivity contribution is 4.68. The average Bonchev–Trinajstić information content (AvgIpc) is 1.97. The van der Waals surface area contributed by atoms with E-state index in [0.29, 0.717) is 5.41 Å². The predicted octanol–water partition coefficient (Wildman–Crippen LogP) is 1.49. The predicted molar refractivity (Wildman–Crippen MR) is 50.4 cm³/mol. The molecular weight excluding hydrogens is 136 g/mol. The Balaban J connectivity index is 3.43. The second-order valence-corrected chi connectivity index (χ2v) is 3.95. The summed E-state index contributed by atoms with van der Waals surface area (Å²) in [7, 11) is 0. The summed E-state index contributed by atoms with van der Waals surface area (Å²) in [6.45, 7) is 6.20. The van der Waals surface area contributed by atoms with Crippen molar-refractivity contribution in [3.63, 3.8) is 0 Å². The van der Waals surface area contributed by atoms with E-state index in [1.807, 2.05) is 0 Å². The molecule has 0 fully saturated rings. The Labute approximate surface area is 70.3 Å². The molecule has 0 amide bonds. The van der Waals surface area contributed by atoms with E-state index in [4.69, 9.17) is 11.5 Å². The van der Waals surface area contributed by atoms with E-state index in [1.165, 1.54) is 12.8 Å². The van der Waals surface area contributed by atoms with Crippen LogP contribution >= 0.6 is 0 Å². The molecule has 0 atom stereocenters. The number of hydrogen-bond donors (Lipinski definition) is 2. The van der Waals surface area contributed by atoms with Gasteiger partial charge < -0.3 is 11.5 Å². The van der Waals surface area contributed by atoms with E-state index in [0.717, 1.165) is 25.9 Å². The van der Waals surface area contributed by atoms with Crippen molar-refractivity contribution < 1.29 is 0 Å². The first-order valence-corrected chi connectivity index (χ1v) is 4.52. The van der Waals surface area contributed by atoms with Gasteiger partial charge in [0, 0.05) is 0 Å². The van der Waals surface area contributed by atoms with Gasteiger partial charge in [-0.3, -0.25) is 0 Å². The molecular formula is C9H22N2. The second kappa shape index (κ2) is 5.56. The lowest BCUT2D eigenvalue weighted by Gasteiger charge is -2.23. The van der Waals surface area contributed by atoms with E-state index in [2.05, 4.69) is 13.8 Å². The highest BCUT2D eigenvalue weighted by atomic mass is 14.5. The highest BCUT2D eigenvalue weighted by Gasteiger charge is 2.15. The number of nitrogens with two attached hydrogens (primary N) is 2. The molecule has 4 N–H and O–H groups in total. The summed E-state index contributed by atoms with van der Waals surface area (Å²) in [6, 6.07) is 0. The van der Waals surface area contributed by atoms with Crippen molar-refractivity contribution >= 4 is 0 Å². The third kappa shape index (κ3) is 6.32. The van der Waals surface area contributed by atoms with E-state index in [1.54, 1.807) is 0 Å². The van der Waals surface area contributed by atoms with Gasteiger partial charge in [-0.1, -0.05) is 13.8 Å². The van der Waals surface area contributed by atoms with Crippen molar-refractivity contribution in [1.29, 1.82) is 0 Å². The minimum Gasteiger partial charge on any atom is -0.330 e. The van der Waals surface area contributed by atoms with Gasteiger partial charge in [0.15, 0.2) is 0 Å². The Hall–Kier alpha value is -0.0800. The molecule has 0 aliphatic heterocycles. The van der Waals surface area contributed by atoms with Crippen LogP contribution in [0.2, 0.25) is 0 Å². The van der Waals surface area contributed by atoms with E-state index in [9.17, 15) is 0 Å². The highest BCUT2D eigenvalue weighted by Crippen LogP contribution is 2.27.